The smallest absolute Gasteiger partial charge is 0.322 e. The molecule has 1 aromatic heterocycles. The number of aliphatic carboxylic acids is 2. The van der Waals surface area contributed by atoms with E-state index in [-0.39, 0.29) is 30.9 Å². The predicted molar refractivity (Wildman–Crippen MR) is 97.1 cm³/mol. The molecule has 0 saturated carbocycles. The number of anilines is 3. The standard InChI is InChI=1S/C15H27N7O4/c1-3-5-7-22(8-6-4-2)21-15-19-13(16-9-11(23)24)18-14(20-15)17-10-12(25)26/h3-10H2,1-2H3,(H,23,24)(H,25,26)(H3,16,17,18,19,20,21). The largest absolute Gasteiger partial charge is 0.480 e. The fraction of sp³-hybridized carbons (Fsp3) is 0.667. The Bertz CT molecular complexity index is 541. The van der Waals surface area contributed by atoms with Crippen molar-refractivity contribution in [3.63, 3.8) is 0 Å². The molecule has 11 heteroatoms. The average Bonchev–Trinajstić information content (AvgIpc) is 2.60. The molecule has 11 nitrogen and oxygen atoms in total. The molecule has 1 heterocycles. The van der Waals surface area contributed by atoms with Crippen molar-refractivity contribution in [2.24, 2.45) is 0 Å². The van der Waals surface area contributed by atoms with Crippen molar-refractivity contribution in [3.8, 4) is 0 Å². The van der Waals surface area contributed by atoms with E-state index in [1.165, 1.54) is 0 Å². The van der Waals surface area contributed by atoms with Crippen LogP contribution in [0, 0.1) is 0 Å². The van der Waals surface area contributed by atoms with Gasteiger partial charge in [0.05, 0.1) is 0 Å². The van der Waals surface area contributed by atoms with Gasteiger partial charge in [0.1, 0.15) is 13.1 Å². The summed E-state index contributed by atoms with van der Waals surface area (Å²) >= 11 is 0. The molecule has 0 aliphatic carbocycles. The van der Waals surface area contributed by atoms with E-state index in [1.54, 1.807) is 0 Å². The number of hydrazine groups is 1. The second-order valence-corrected chi connectivity index (χ2v) is 5.61. The second-order valence-electron chi connectivity index (χ2n) is 5.61. The lowest BCUT2D eigenvalue weighted by Crippen LogP contribution is -2.33. The number of nitrogens with one attached hydrogen (secondary N) is 3. The molecular weight excluding hydrogens is 342 g/mol. The van der Waals surface area contributed by atoms with Crippen molar-refractivity contribution < 1.29 is 19.8 Å². The first-order valence-corrected chi connectivity index (χ1v) is 8.63. The molecule has 146 valence electrons. The summed E-state index contributed by atoms with van der Waals surface area (Å²) in [6.07, 6.45) is 4.07. The number of carboxylic acids is 2. The highest BCUT2D eigenvalue weighted by molar-refractivity contribution is 5.73. The van der Waals surface area contributed by atoms with Crippen LogP contribution in [0.25, 0.3) is 0 Å². The number of carboxylic acid groups (broad SMARTS) is 2. The summed E-state index contributed by atoms with van der Waals surface area (Å²) in [5.74, 6) is -1.82. The Labute approximate surface area is 152 Å². The van der Waals surface area contributed by atoms with Crippen molar-refractivity contribution in [2.45, 2.75) is 39.5 Å². The van der Waals surface area contributed by atoms with Gasteiger partial charge in [-0.3, -0.25) is 15.0 Å². The second kappa shape index (κ2) is 11.8. The zero-order chi connectivity index (χ0) is 19.4. The Balaban J connectivity index is 2.92. The summed E-state index contributed by atoms with van der Waals surface area (Å²) in [6.45, 7) is 5.08. The van der Waals surface area contributed by atoms with E-state index in [9.17, 15) is 9.59 Å². The van der Waals surface area contributed by atoms with Crippen LogP contribution >= 0.6 is 0 Å². The fourth-order valence-electron chi connectivity index (χ4n) is 1.96. The Morgan fingerprint density at radius 2 is 1.27 bits per heavy atom. The first kappa shape index (κ1) is 21.4. The first-order chi connectivity index (χ1) is 12.4. The maximum Gasteiger partial charge on any atom is 0.322 e. The van der Waals surface area contributed by atoms with Gasteiger partial charge in [-0.2, -0.15) is 15.0 Å². The third-order valence-corrected chi connectivity index (χ3v) is 3.25. The SMILES string of the molecule is CCCCN(CCCC)Nc1nc(NCC(=O)O)nc(NCC(=O)O)n1. The third kappa shape index (κ3) is 8.97. The molecular formula is C15H27N7O4. The van der Waals surface area contributed by atoms with Crippen molar-refractivity contribution in [1.82, 2.24) is 20.0 Å². The van der Waals surface area contributed by atoms with Gasteiger partial charge in [-0.05, 0) is 12.8 Å². The van der Waals surface area contributed by atoms with Gasteiger partial charge in [0, 0.05) is 13.1 Å². The van der Waals surface area contributed by atoms with Crippen LogP contribution in [0.3, 0.4) is 0 Å². The molecule has 0 amide bonds. The number of nitrogens with zero attached hydrogens (tertiary/aromatic N) is 4. The zero-order valence-electron chi connectivity index (χ0n) is 15.2. The fourth-order valence-corrected chi connectivity index (χ4v) is 1.96. The zero-order valence-corrected chi connectivity index (χ0v) is 15.2. The van der Waals surface area contributed by atoms with Crippen LogP contribution in [0.4, 0.5) is 17.8 Å². The molecule has 0 fully saturated rings. The monoisotopic (exact) mass is 369 g/mol. The summed E-state index contributed by atoms with van der Waals surface area (Å²) in [5, 5.41) is 24.7. The van der Waals surface area contributed by atoms with Crippen LogP contribution in [0.15, 0.2) is 0 Å². The minimum Gasteiger partial charge on any atom is -0.480 e. The van der Waals surface area contributed by atoms with Crippen LogP contribution < -0.4 is 16.1 Å². The van der Waals surface area contributed by atoms with Crippen molar-refractivity contribution in [1.29, 1.82) is 0 Å². The van der Waals surface area contributed by atoms with Crippen LogP contribution in [0.2, 0.25) is 0 Å². The molecule has 0 aliphatic heterocycles. The highest BCUT2D eigenvalue weighted by Gasteiger charge is 2.11. The summed E-state index contributed by atoms with van der Waals surface area (Å²) in [4.78, 5) is 33.7. The van der Waals surface area contributed by atoms with Crippen molar-refractivity contribution in [3.05, 3.63) is 0 Å². The normalized spacial score (nSPS) is 10.6. The molecule has 0 aromatic carbocycles. The molecule has 0 bridgehead atoms. The topological polar surface area (TPSA) is 153 Å². The molecule has 1 aromatic rings. The Morgan fingerprint density at radius 3 is 1.65 bits per heavy atom. The van der Waals surface area contributed by atoms with Crippen LogP contribution in [-0.2, 0) is 9.59 Å². The van der Waals surface area contributed by atoms with Gasteiger partial charge >= 0.3 is 11.9 Å². The van der Waals surface area contributed by atoms with Gasteiger partial charge in [0.2, 0.25) is 17.8 Å². The summed E-state index contributed by atoms with van der Waals surface area (Å²) in [5.41, 5.74) is 3.10. The van der Waals surface area contributed by atoms with Crippen LogP contribution in [0.1, 0.15) is 39.5 Å². The number of aromatic nitrogens is 3. The molecule has 26 heavy (non-hydrogen) atoms. The molecule has 0 aliphatic rings. The number of rotatable bonds is 14. The van der Waals surface area contributed by atoms with Gasteiger partial charge in [-0.15, -0.1) is 0 Å². The van der Waals surface area contributed by atoms with E-state index < -0.39 is 11.9 Å². The Kier molecular flexibility index (Phi) is 9.69. The lowest BCUT2D eigenvalue weighted by molar-refractivity contribution is -0.135. The van der Waals surface area contributed by atoms with Gasteiger partial charge in [0.25, 0.3) is 0 Å². The van der Waals surface area contributed by atoms with Crippen LogP contribution in [-0.4, -0.2) is 68.3 Å². The number of carbonyl (C=O) groups is 2. The summed E-state index contributed by atoms with van der Waals surface area (Å²) < 4.78 is 0. The van der Waals surface area contributed by atoms with E-state index in [4.69, 9.17) is 10.2 Å². The highest BCUT2D eigenvalue weighted by Crippen LogP contribution is 2.11. The van der Waals surface area contributed by atoms with E-state index in [0.717, 1.165) is 38.8 Å². The molecule has 0 radical (unpaired) electrons. The van der Waals surface area contributed by atoms with Crippen LogP contribution in [0.5, 0.6) is 0 Å². The minimum absolute atomic E-state index is 0.0451. The summed E-state index contributed by atoms with van der Waals surface area (Å²) in [6, 6.07) is 0. The van der Waals surface area contributed by atoms with E-state index in [2.05, 4.69) is 44.9 Å². The van der Waals surface area contributed by atoms with E-state index in [1.807, 2.05) is 5.01 Å². The van der Waals surface area contributed by atoms with Crippen molar-refractivity contribution in [2.75, 3.05) is 42.2 Å². The molecule has 5 N–H and O–H groups in total. The van der Waals surface area contributed by atoms with Gasteiger partial charge in [0.15, 0.2) is 0 Å². The highest BCUT2D eigenvalue weighted by atomic mass is 16.4. The van der Waals surface area contributed by atoms with E-state index >= 15 is 0 Å². The lowest BCUT2D eigenvalue weighted by Gasteiger charge is -2.23. The molecule has 0 spiro atoms. The average molecular weight is 369 g/mol. The van der Waals surface area contributed by atoms with Gasteiger partial charge < -0.3 is 20.8 Å². The molecule has 0 atom stereocenters. The Morgan fingerprint density at radius 1 is 0.846 bits per heavy atom. The molecule has 1 rings (SSSR count). The predicted octanol–water partition coefficient (Wildman–Crippen LogP) is 1.09. The molecule has 0 saturated heterocycles. The molecule has 0 unspecified atom stereocenters. The third-order valence-electron chi connectivity index (χ3n) is 3.25. The number of hydrogen-bond donors (Lipinski definition) is 5. The Hall–Kier alpha value is -2.69. The van der Waals surface area contributed by atoms with Gasteiger partial charge in [-0.1, -0.05) is 26.7 Å². The number of unbranched alkanes of at least 4 members (excludes halogenated alkanes) is 2. The maximum atomic E-state index is 10.7. The van der Waals surface area contributed by atoms with Crippen molar-refractivity contribution >= 4 is 29.8 Å². The quantitative estimate of drug-likeness (QED) is 0.299. The maximum absolute atomic E-state index is 10.7. The van der Waals surface area contributed by atoms with E-state index in [0.29, 0.717) is 0 Å². The van der Waals surface area contributed by atoms with Gasteiger partial charge in [-0.25, -0.2) is 5.01 Å². The first-order valence-electron chi connectivity index (χ1n) is 8.63. The summed E-state index contributed by atoms with van der Waals surface area (Å²) in [7, 11) is 0. The minimum atomic E-state index is -1.06. The number of hydrogen-bond acceptors (Lipinski definition) is 9. The lowest BCUT2D eigenvalue weighted by atomic mass is 10.3.